The molecule has 1 saturated carbocycles. The third-order valence-corrected chi connectivity index (χ3v) is 5.13. The summed E-state index contributed by atoms with van der Waals surface area (Å²) in [6.07, 6.45) is 5.53. The standard InChI is InChI=1S/C22H26N2O2/c23-22(26)20(24-21(25)15-16-6-4-5-7-16)14-17-10-12-19(13-11-17)18-8-2-1-3-9-18/h1-3,8-13,16,20H,4-7,14-15H2,(H2,23,26)(H,24,25)/t20-/m0/s1. The number of nitrogens with one attached hydrogen (secondary N) is 1. The van der Waals surface area contributed by atoms with E-state index in [-0.39, 0.29) is 5.91 Å². The lowest BCUT2D eigenvalue weighted by Gasteiger charge is -2.17. The Bertz CT molecular complexity index is 734. The Balaban J connectivity index is 1.60. The third-order valence-electron chi connectivity index (χ3n) is 5.13. The summed E-state index contributed by atoms with van der Waals surface area (Å²) in [7, 11) is 0. The van der Waals surface area contributed by atoms with Gasteiger partial charge in [-0.1, -0.05) is 67.4 Å². The summed E-state index contributed by atoms with van der Waals surface area (Å²) in [6, 6.07) is 17.5. The molecule has 0 aliphatic heterocycles. The number of hydrogen-bond acceptors (Lipinski definition) is 2. The summed E-state index contributed by atoms with van der Waals surface area (Å²) in [4.78, 5) is 24.0. The van der Waals surface area contributed by atoms with E-state index in [9.17, 15) is 9.59 Å². The van der Waals surface area contributed by atoms with Gasteiger partial charge < -0.3 is 11.1 Å². The number of carbonyl (C=O) groups excluding carboxylic acids is 2. The Labute approximate surface area is 154 Å². The minimum absolute atomic E-state index is 0.0680. The van der Waals surface area contributed by atoms with Gasteiger partial charge in [0.25, 0.3) is 0 Å². The zero-order chi connectivity index (χ0) is 18.4. The van der Waals surface area contributed by atoms with E-state index >= 15 is 0 Å². The summed E-state index contributed by atoms with van der Waals surface area (Å²) in [5.74, 6) is -0.104. The predicted molar refractivity (Wildman–Crippen MR) is 103 cm³/mol. The summed E-state index contributed by atoms with van der Waals surface area (Å²) in [5.41, 5.74) is 8.76. The van der Waals surface area contributed by atoms with Crippen molar-refractivity contribution in [2.75, 3.05) is 0 Å². The van der Waals surface area contributed by atoms with E-state index in [2.05, 4.69) is 17.4 Å². The molecule has 136 valence electrons. The smallest absolute Gasteiger partial charge is 0.240 e. The Kier molecular flexibility index (Phi) is 6.05. The highest BCUT2D eigenvalue weighted by atomic mass is 16.2. The number of primary amides is 1. The van der Waals surface area contributed by atoms with Gasteiger partial charge in [-0.15, -0.1) is 0 Å². The fraction of sp³-hybridized carbons (Fsp3) is 0.364. The van der Waals surface area contributed by atoms with E-state index in [1.165, 1.54) is 12.8 Å². The number of nitrogens with two attached hydrogens (primary N) is 1. The molecule has 3 N–H and O–H groups in total. The third kappa shape index (κ3) is 4.94. The maximum atomic E-state index is 12.2. The molecule has 1 aliphatic carbocycles. The first-order chi connectivity index (χ1) is 12.6. The van der Waals surface area contributed by atoms with Crippen LogP contribution in [-0.2, 0) is 16.0 Å². The molecule has 3 rings (SSSR count). The van der Waals surface area contributed by atoms with Gasteiger partial charge in [0, 0.05) is 12.8 Å². The first-order valence-electron chi connectivity index (χ1n) is 9.35. The largest absolute Gasteiger partial charge is 0.368 e. The summed E-state index contributed by atoms with van der Waals surface area (Å²) < 4.78 is 0. The van der Waals surface area contributed by atoms with Crippen molar-refractivity contribution in [1.82, 2.24) is 5.32 Å². The molecule has 4 nitrogen and oxygen atoms in total. The van der Waals surface area contributed by atoms with Crippen LogP contribution < -0.4 is 11.1 Å². The van der Waals surface area contributed by atoms with Crippen LogP contribution in [0.4, 0.5) is 0 Å². The van der Waals surface area contributed by atoms with Gasteiger partial charge in [0.2, 0.25) is 11.8 Å². The number of hydrogen-bond donors (Lipinski definition) is 2. The quantitative estimate of drug-likeness (QED) is 0.803. The van der Waals surface area contributed by atoms with Crippen molar-refractivity contribution in [3.63, 3.8) is 0 Å². The molecule has 2 aromatic rings. The Hall–Kier alpha value is -2.62. The fourth-order valence-electron chi connectivity index (χ4n) is 3.65. The van der Waals surface area contributed by atoms with Crippen LogP contribution in [0.1, 0.15) is 37.7 Å². The van der Waals surface area contributed by atoms with Crippen molar-refractivity contribution >= 4 is 11.8 Å². The first kappa shape index (κ1) is 18.2. The second-order valence-electron chi connectivity index (χ2n) is 7.14. The fourth-order valence-corrected chi connectivity index (χ4v) is 3.65. The highest BCUT2D eigenvalue weighted by molar-refractivity contribution is 5.86. The van der Waals surface area contributed by atoms with E-state index < -0.39 is 11.9 Å². The molecule has 1 fully saturated rings. The van der Waals surface area contributed by atoms with Gasteiger partial charge in [0.15, 0.2) is 0 Å². The van der Waals surface area contributed by atoms with Gasteiger partial charge in [-0.25, -0.2) is 0 Å². The molecule has 1 atom stereocenters. The van der Waals surface area contributed by atoms with Gasteiger partial charge in [0.1, 0.15) is 6.04 Å². The highest BCUT2D eigenvalue weighted by Crippen LogP contribution is 2.27. The predicted octanol–water partition coefficient (Wildman–Crippen LogP) is 3.45. The molecule has 26 heavy (non-hydrogen) atoms. The lowest BCUT2D eigenvalue weighted by molar-refractivity contribution is -0.127. The van der Waals surface area contributed by atoms with E-state index in [0.717, 1.165) is 29.5 Å². The first-order valence-corrected chi connectivity index (χ1v) is 9.35. The summed E-state index contributed by atoms with van der Waals surface area (Å²) in [5, 5.41) is 2.82. The molecule has 2 aromatic carbocycles. The SMILES string of the molecule is NC(=O)[C@H](Cc1ccc(-c2ccccc2)cc1)NC(=O)CC1CCCC1. The number of benzene rings is 2. The molecule has 0 saturated heterocycles. The minimum Gasteiger partial charge on any atom is -0.368 e. The van der Waals surface area contributed by atoms with Crippen LogP contribution in [-0.4, -0.2) is 17.9 Å². The highest BCUT2D eigenvalue weighted by Gasteiger charge is 2.22. The van der Waals surface area contributed by atoms with Crippen molar-refractivity contribution in [2.45, 2.75) is 44.6 Å². The van der Waals surface area contributed by atoms with Gasteiger partial charge >= 0.3 is 0 Å². The van der Waals surface area contributed by atoms with Crippen LogP contribution in [0, 0.1) is 5.92 Å². The molecule has 1 aliphatic rings. The van der Waals surface area contributed by atoms with Crippen LogP contribution in [0.15, 0.2) is 54.6 Å². The van der Waals surface area contributed by atoms with Crippen LogP contribution in [0.25, 0.3) is 11.1 Å². The average molecular weight is 350 g/mol. The van der Waals surface area contributed by atoms with Crippen molar-refractivity contribution in [3.8, 4) is 11.1 Å². The van der Waals surface area contributed by atoms with Gasteiger partial charge in [0.05, 0.1) is 0 Å². The maximum Gasteiger partial charge on any atom is 0.240 e. The second-order valence-corrected chi connectivity index (χ2v) is 7.14. The summed E-state index contributed by atoms with van der Waals surface area (Å²) in [6.45, 7) is 0. The molecule has 0 radical (unpaired) electrons. The van der Waals surface area contributed by atoms with E-state index in [1.54, 1.807) is 0 Å². The minimum atomic E-state index is -0.661. The van der Waals surface area contributed by atoms with Gasteiger partial charge in [-0.2, -0.15) is 0 Å². The Morgan fingerprint density at radius 2 is 1.58 bits per heavy atom. The second kappa shape index (κ2) is 8.65. The molecule has 0 spiro atoms. The van der Waals surface area contributed by atoms with E-state index in [4.69, 9.17) is 5.73 Å². The van der Waals surface area contributed by atoms with Crippen molar-refractivity contribution in [1.29, 1.82) is 0 Å². The van der Waals surface area contributed by atoms with Crippen LogP contribution in [0.5, 0.6) is 0 Å². The van der Waals surface area contributed by atoms with Gasteiger partial charge in [-0.3, -0.25) is 9.59 Å². The summed E-state index contributed by atoms with van der Waals surface area (Å²) >= 11 is 0. The molecular formula is C22H26N2O2. The lowest BCUT2D eigenvalue weighted by Crippen LogP contribution is -2.46. The molecule has 0 bridgehead atoms. The molecule has 2 amide bonds. The Morgan fingerprint density at radius 1 is 0.962 bits per heavy atom. The van der Waals surface area contributed by atoms with E-state index in [0.29, 0.717) is 18.8 Å². The number of amides is 2. The van der Waals surface area contributed by atoms with Crippen LogP contribution in [0.2, 0.25) is 0 Å². The van der Waals surface area contributed by atoms with Crippen LogP contribution >= 0.6 is 0 Å². The zero-order valence-corrected chi connectivity index (χ0v) is 15.0. The normalized spacial score (nSPS) is 15.5. The van der Waals surface area contributed by atoms with E-state index in [1.807, 2.05) is 42.5 Å². The lowest BCUT2D eigenvalue weighted by atomic mass is 9.99. The Morgan fingerprint density at radius 3 is 2.19 bits per heavy atom. The molecule has 0 heterocycles. The molecule has 0 unspecified atom stereocenters. The van der Waals surface area contributed by atoms with Crippen molar-refractivity contribution < 1.29 is 9.59 Å². The maximum absolute atomic E-state index is 12.2. The topological polar surface area (TPSA) is 72.2 Å². The average Bonchev–Trinajstić information content (AvgIpc) is 3.15. The molecular weight excluding hydrogens is 324 g/mol. The van der Waals surface area contributed by atoms with Crippen molar-refractivity contribution in [2.24, 2.45) is 11.7 Å². The van der Waals surface area contributed by atoms with Crippen LogP contribution in [0.3, 0.4) is 0 Å². The monoisotopic (exact) mass is 350 g/mol. The molecule has 0 aromatic heterocycles. The number of carbonyl (C=O) groups is 2. The zero-order valence-electron chi connectivity index (χ0n) is 15.0. The van der Waals surface area contributed by atoms with Crippen molar-refractivity contribution in [3.05, 3.63) is 60.2 Å². The molecule has 4 heteroatoms. The number of rotatable bonds is 7. The van der Waals surface area contributed by atoms with Gasteiger partial charge in [-0.05, 0) is 35.4 Å².